The highest BCUT2D eigenvalue weighted by Crippen LogP contribution is 2.31. The molecule has 3 aromatic rings. The Hall–Kier alpha value is -2.96. The summed E-state index contributed by atoms with van der Waals surface area (Å²) in [7, 11) is 0. The third kappa shape index (κ3) is 5.60. The van der Waals surface area contributed by atoms with E-state index in [-0.39, 0.29) is 11.9 Å². The molecule has 0 saturated heterocycles. The Morgan fingerprint density at radius 2 is 1.94 bits per heavy atom. The van der Waals surface area contributed by atoms with Gasteiger partial charge in [-0.25, -0.2) is 14.4 Å². The van der Waals surface area contributed by atoms with Crippen molar-refractivity contribution in [2.24, 2.45) is 0 Å². The Morgan fingerprint density at radius 3 is 2.71 bits per heavy atom. The van der Waals surface area contributed by atoms with Crippen LogP contribution in [0, 0.1) is 6.92 Å². The number of hydrogen-bond donors (Lipinski definition) is 1. The molecule has 1 atom stereocenters. The Labute approximate surface area is 186 Å². The van der Waals surface area contributed by atoms with Gasteiger partial charge in [-0.2, -0.15) is 0 Å². The molecule has 2 aromatic heterocycles. The van der Waals surface area contributed by atoms with Crippen LogP contribution in [-0.2, 0) is 6.54 Å². The number of halogens is 1. The second-order valence-corrected chi connectivity index (χ2v) is 8.59. The minimum atomic E-state index is -0.0682. The molecule has 0 saturated carbocycles. The molecule has 0 bridgehead atoms. The van der Waals surface area contributed by atoms with Crippen LogP contribution in [0.2, 0.25) is 0 Å². The number of aryl methyl sites for hydroxylation is 1. The van der Waals surface area contributed by atoms with Crippen molar-refractivity contribution in [3.05, 3.63) is 94.2 Å². The van der Waals surface area contributed by atoms with Crippen molar-refractivity contribution in [3.63, 3.8) is 0 Å². The molecule has 1 aliphatic carbocycles. The molecular formula is C25H25FN4S. The molecule has 1 unspecified atom stereocenters. The van der Waals surface area contributed by atoms with Gasteiger partial charge in [0.2, 0.25) is 0 Å². The van der Waals surface area contributed by atoms with Gasteiger partial charge in [0.1, 0.15) is 16.5 Å². The summed E-state index contributed by atoms with van der Waals surface area (Å²) in [5.74, 6) is -0.0682. The highest BCUT2D eigenvalue weighted by Gasteiger charge is 2.16. The van der Waals surface area contributed by atoms with E-state index in [1.165, 1.54) is 10.4 Å². The van der Waals surface area contributed by atoms with Crippen LogP contribution in [0.5, 0.6) is 0 Å². The number of rotatable bonds is 7. The number of nitrogens with zero attached hydrogens (tertiary/aromatic N) is 3. The lowest BCUT2D eigenvalue weighted by Gasteiger charge is -2.12. The lowest BCUT2D eigenvalue weighted by atomic mass is 10.0. The van der Waals surface area contributed by atoms with Crippen LogP contribution in [0.25, 0.3) is 16.8 Å². The molecule has 2 heterocycles. The highest BCUT2D eigenvalue weighted by atomic mass is 32.1. The van der Waals surface area contributed by atoms with Gasteiger partial charge in [-0.1, -0.05) is 42.5 Å². The van der Waals surface area contributed by atoms with Crippen molar-refractivity contribution in [1.29, 1.82) is 0 Å². The molecule has 1 aliphatic rings. The Kier molecular flexibility index (Phi) is 6.79. The molecular weight excluding hydrogens is 407 g/mol. The number of thiazole rings is 1. The molecule has 158 valence electrons. The van der Waals surface area contributed by atoms with Crippen molar-refractivity contribution in [1.82, 2.24) is 20.3 Å². The predicted molar refractivity (Wildman–Crippen MR) is 125 cm³/mol. The van der Waals surface area contributed by atoms with E-state index in [0.29, 0.717) is 12.8 Å². The van der Waals surface area contributed by atoms with Gasteiger partial charge in [-0.05, 0) is 43.6 Å². The van der Waals surface area contributed by atoms with Crippen molar-refractivity contribution >= 4 is 17.4 Å². The first-order valence-corrected chi connectivity index (χ1v) is 11.2. The lowest BCUT2D eigenvalue weighted by molar-refractivity contribution is 0.579. The van der Waals surface area contributed by atoms with Gasteiger partial charge in [0, 0.05) is 23.9 Å². The van der Waals surface area contributed by atoms with E-state index < -0.39 is 0 Å². The molecule has 0 spiro atoms. The second-order valence-electron chi connectivity index (χ2n) is 7.56. The molecule has 1 aromatic carbocycles. The average molecular weight is 433 g/mol. The van der Waals surface area contributed by atoms with Gasteiger partial charge in [0.15, 0.2) is 0 Å². The fourth-order valence-electron chi connectivity index (χ4n) is 3.40. The van der Waals surface area contributed by atoms with E-state index in [4.69, 9.17) is 9.97 Å². The minimum absolute atomic E-state index is 0.0682. The molecule has 4 rings (SSSR count). The first-order chi connectivity index (χ1) is 15.1. The fourth-order valence-corrected chi connectivity index (χ4v) is 4.44. The van der Waals surface area contributed by atoms with E-state index in [2.05, 4.69) is 41.5 Å². The van der Waals surface area contributed by atoms with E-state index in [0.717, 1.165) is 34.2 Å². The van der Waals surface area contributed by atoms with Crippen molar-refractivity contribution in [3.8, 4) is 10.7 Å². The lowest BCUT2D eigenvalue weighted by Crippen LogP contribution is -2.17. The molecule has 4 nitrogen and oxygen atoms in total. The van der Waals surface area contributed by atoms with Gasteiger partial charge < -0.3 is 5.32 Å². The topological polar surface area (TPSA) is 50.7 Å². The molecule has 0 amide bonds. The van der Waals surface area contributed by atoms with Crippen molar-refractivity contribution < 1.29 is 4.39 Å². The maximum absolute atomic E-state index is 13.1. The number of nitrogens with one attached hydrogen (secondary N) is 1. The Balaban J connectivity index is 1.46. The molecule has 1 N–H and O–H groups in total. The van der Waals surface area contributed by atoms with Crippen LogP contribution in [0.15, 0.2) is 72.4 Å². The van der Waals surface area contributed by atoms with Gasteiger partial charge in [-0.15, -0.1) is 11.3 Å². The van der Waals surface area contributed by atoms with E-state index in [9.17, 15) is 4.39 Å². The summed E-state index contributed by atoms with van der Waals surface area (Å²) in [6.07, 6.45) is 11.9. The van der Waals surface area contributed by atoms with E-state index >= 15 is 0 Å². The summed E-state index contributed by atoms with van der Waals surface area (Å²) in [4.78, 5) is 15.0. The van der Waals surface area contributed by atoms with Crippen LogP contribution in [0.1, 0.15) is 47.6 Å². The maximum Gasteiger partial charge on any atom is 0.144 e. The first-order valence-electron chi connectivity index (χ1n) is 10.4. The summed E-state index contributed by atoms with van der Waals surface area (Å²) < 4.78 is 13.1. The highest BCUT2D eigenvalue weighted by molar-refractivity contribution is 7.15. The molecule has 0 fully saturated rings. The van der Waals surface area contributed by atoms with Crippen LogP contribution in [0.4, 0.5) is 4.39 Å². The smallest absolute Gasteiger partial charge is 0.144 e. The summed E-state index contributed by atoms with van der Waals surface area (Å²) in [5.41, 5.74) is 4.88. The first kappa shape index (κ1) is 21.3. The SMILES string of the molecule is Cc1nc(-c2cncc(/C=C/C3=CCC(F)=CC3)n2)sc1C(C)NCc1ccccc1. The Morgan fingerprint density at radius 1 is 1.10 bits per heavy atom. The number of aromatic nitrogens is 3. The predicted octanol–water partition coefficient (Wildman–Crippen LogP) is 6.35. The average Bonchev–Trinajstić information content (AvgIpc) is 3.20. The zero-order valence-electron chi connectivity index (χ0n) is 17.7. The van der Waals surface area contributed by atoms with E-state index in [1.807, 2.05) is 31.2 Å². The van der Waals surface area contributed by atoms with Gasteiger partial charge >= 0.3 is 0 Å². The number of benzene rings is 1. The van der Waals surface area contributed by atoms with Gasteiger partial charge in [0.25, 0.3) is 0 Å². The van der Waals surface area contributed by atoms with Crippen LogP contribution < -0.4 is 5.32 Å². The summed E-state index contributed by atoms with van der Waals surface area (Å²) in [6, 6.07) is 10.6. The van der Waals surface area contributed by atoms with Crippen LogP contribution in [-0.4, -0.2) is 15.0 Å². The Bertz CT molecular complexity index is 1130. The van der Waals surface area contributed by atoms with Crippen molar-refractivity contribution in [2.45, 2.75) is 39.3 Å². The van der Waals surface area contributed by atoms with Gasteiger partial charge in [0.05, 0.1) is 23.8 Å². The largest absolute Gasteiger partial charge is 0.305 e. The third-order valence-electron chi connectivity index (χ3n) is 5.14. The quantitative estimate of drug-likeness (QED) is 0.473. The molecule has 6 heteroatoms. The van der Waals surface area contributed by atoms with Crippen LogP contribution >= 0.6 is 11.3 Å². The summed E-state index contributed by atoms with van der Waals surface area (Å²) in [5, 5.41) is 4.44. The molecule has 31 heavy (non-hydrogen) atoms. The normalized spacial score (nSPS) is 15.1. The van der Waals surface area contributed by atoms with E-state index in [1.54, 1.807) is 29.8 Å². The summed E-state index contributed by atoms with van der Waals surface area (Å²) in [6.45, 7) is 5.01. The van der Waals surface area contributed by atoms with Crippen molar-refractivity contribution in [2.75, 3.05) is 0 Å². The summed E-state index contributed by atoms with van der Waals surface area (Å²) >= 11 is 1.65. The molecule has 0 radical (unpaired) electrons. The maximum atomic E-state index is 13.1. The van der Waals surface area contributed by atoms with Crippen LogP contribution in [0.3, 0.4) is 0 Å². The monoisotopic (exact) mass is 432 g/mol. The number of allylic oxidation sites excluding steroid dienone is 5. The zero-order valence-corrected chi connectivity index (χ0v) is 18.5. The fraction of sp³-hybridized carbons (Fsp3) is 0.240. The standard InChI is InChI=1S/C25H25FN4S/c1-17(28-14-20-6-4-3-5-7-20)24-18(2)29-25(31-24)23-16-27-15-22(30-23)13-10-19-8-11-21(26)12-9-19/h3-8,10,12-13,15-17,28H,9,11,14H2,1-2H3/b13-10+. The minimum Gasteiger partial charge on any atom is -0.305 e. The number of hydrogen-bond acceptors (Lipinski definition) is 5. The van der Waals surface area contributed by atoms with Gasteiger partial charge in [-0.3, -0.25) is 4.98 Å². The second kappa shape index (κ2) is 9.90. The zero-order chi connectivity index (χ0) is 21.6. The third-order valence-corrected chi connectivity index (χ3v) is 6.50. The molecule has 0 aliphatic heterocycles.